The number of aliphatic carboxylic acids is 1. The van der Waals surface area contributed by atoms with Gasteiger partial charge in [-0.25, -0.2) is 4.79 Å². The summed E-state index contributed by atoms with van der Waals surface area (Å²) in [5.41, 5.74) is -0.0741. The maximum absolute atomic E-state index is 12.6. The number of hydrogen-bond acceptors (Lipinski definition) is 4. The number of benzene rings is 1. The lowest BCUT2D eigenvalue weighted by atomic mass is 9.83. The molecule has 140 valence electrons. The molecule has 1 atom stereocenters. The maximum Gasteiger partial charge on any atom is 0.326 e. The first-order valence-electron chi connectivity index (χ1n) is 8.44. The third-order valence-electron chi connectivity index (χ3n) is 3.94. The molecule has 2 N–H and O–H groups in total. The maximum atomic E-state index is 12.6. The van der Waals surface area contributed by atoms with Crippen LogP contribution in [0.1, 0.15) is 39.7 Å². The van der Waals surface area contributed by atoms with Gasteiger partial charge in [0.1, 0.15) is 11.8 Å². The number of carbonyl (C=O) groups is 2. The van der Waals surface area contributed by atoms with E-state index < -0.39 is 17.4 Å². The Bertz CT molecular complexity index is 566. The highest BCUT2D eigenvalue weighted by molar-refractivity contribution is 5.90. The Morgan fingerprint density at radius 1 is 1.20 bits per heavy atom. The fourth-order valence-electron chi connectivity index (χ4n) is 2.19. The van der Waals surface area contributed by atoms with Gasteiger partial charge in [-0.15, -0.1) is 0 Å². The van der Waals surface area contributed by atoms with Crippen molar-refractivity contribution in [2.45, 2.75) is 45.6 Å². The number of hydrogen-bond donors (Lipinski definition) is 2. The summed E-state index contributed by atoms with van der Waals surface area (Å²) in [5.74, 6) is -0.232. The molecule has 6 heteroatoms. The second-order valence-corrected chi connectivity index (χ2v) is 7.00. The van der Waals surface area contributed by atoms with E-state index in [0.29, 0.717) is 12.5 Å². The van der Waals surface area contributed by atoms with Crippen LogP contribution in [0.25, 0.3) is 0 Å². The predicted octanol–water partition coefficient (Wildman–Crippen LogP) is 2.60. The number of amides is 1. The molecule has 0 aromatic heterocycles. The van der Waals surface area contributed by atoms with Crippen molar-refractivity contribution in [2.24, 2.45) is 5.92 Å². The van der Waals surface area contributed by atoms with Crippen molar-refractivity contribution in [1.82, 2.24) is 5.32 Å². The van der Waals surface area contributed by atoms with Crippen molar-refractivity contribution in [3.8, 4) is 5.75 Å². The van der Waals surface area contributed by atoms with E-state index in [2.05, 4.69) is 19.2 Å². The van der Waals surface area contributed by atoms with Crippen LogP contribution >= 0.6 is 0 Å². The first kappa shape index (κ1) is 21.0. The molecular weight excluding hydrogens is 322 g/mol. The van der Waals surface area contributed by atoms with Crippen molar-refractivity contribution in [2.75, 3.05) is 20.3 Å². The summed E-state index contributed by atoms with van der Waals surface area (Å²) >= 11 is 0. The van der Waals surface area contributed by atoms with E-state index in [-0.39, 0.29) is 18.9 Å². The first-order chi connectivity index (χ1) is 11.7. The molecule has 1 rings (SSSR count). The summed E-state index contributed by atoms with van der Waals surface area (Å²) in [6.07, 6.45) is 0.218. The van der Waals surface area contributed by atoms with Gasteiger partial charge >= 0.3 is 5.97 Å². The topological polar surface area (TPSA) is 84.9 Å². The third kappa shape index (κ3) is 6.38. The van der Waals surface area contributed by atoms with E-state index in [9.17, 15) is 14.7 Å². The van der Waals surface area contributed by atoms with Gasteiger partial charge in [0.25, 0.3) is 0 Å². The Kier molecular flexibility index (Phi) is 7.90. The Morgan fingerprint density at radius 2 is 1.80 bits per heavy atom. The molecular formula is C19H29NO5. The molecule has 1 aromatic rings. The third-order valence-corrected chi connectivity index (χ3v) is 3.94. The molecule has 0 fully saturated rings. The van der Waals surface area contributed by atoms with Crippen LogP contribution < -0.4 is 10.1 Å². The zero-order valence-electron chi connectivity index (χ0n) is 15.7. The zero-order valence-corrected chi connectivity index (χ0v) is 15.7. The van der Waals surface area contributed by atoms with E-state index in [1.165, 1.54) is 7.11 Å². The second-order valence-electron chi connectivity index (χ2n) is 7.00. The van der Waals surface area contributed by atoms with Crippen LogP contribution in [0.4, 0.5) is 0 Å². The number of nitrogens with one attached hydrogen (secondary N) is 1. The molecule has 0 radical (unpaired) electrons. The molecule has 0 aliphatic heterocycles. The average molecular weight is 351 g/mol. The lowest BCUT2D eigenvalue weighted by Gasteiger charge is -2.26. The van der Waals surface area contributed by atoms with Gasteiger partial charge in [0.15, 0.2) is 0 Å². The van der Waals surface area contributed by atoms with Crippen molar-refractivity contribution in [1.29, 1.82) is 0 Å². The highest BCUT2D eigenvalue weighted by atomic mass is 16.5. The van der Waals surface area contributed by atoms with E-state index >= 15 is 0 Å². The second kappa shape index (κ2) is 9.42. The molecule has 6 nitrogen and oxygen atoms in total. The SMILES string of the molecule is COCCC(NC(=O)C(C)(C)c1ccc(OCC(C)C)cc1)C(=O)O. The van der Waals surface area contributed by atoms with Gasteiger partial charge in [0.05, 0.1) is 12.0 Å². The molecule has 0 aliphatic carbocycles. The van der Waals surface area contributed by atoms with Crippen LogP contribution in [0.2, 0.25) is 0 Å². The first-order valence-corrected chi connectivity index (χ1v) is 8.44. The molecule has 0 bridgehead atoms. The number of carbonyl (C=O) groups excluding carboxylic acids is 1. The van der Waals surface area contributed by atoms with Crippen LogP contribution in [0.15, 0.2) is 24.3 Å². The smallest absolute Gasteiger partial charge is 0.326 e. The van der Waals surface area contributed by atoms with E-state index in [4.69, 9.17) is 9.47 Å². The number of carboxylic acids is 1. The summed E-state index contributed by atoms with van der Waals surface area (Å²) in [5, 5.41) is 11.8. The summed E-state index contributed by atoms with van der Waals surface area (Å²) in [6, 6.07) is 6.35. The minimum Gasteiger partial charge on any atom is -0.493 e. The van der Waals surface area contributed by atoms with Crippen LogP contribution in [0.5, 0.6) is 5.75 Å². The van der Waals surface area contributed by atoms with Crippen LogP contribution in [0.3, 0.4) is 0 Å². The van der Waals surface area contributed by atoms with Gasteiger partial charge in [-0.05, 0) is 37.5 Å². The molecule has 1 aromatic carbocycles. The van der Waals surface area contributed by atoms with Gasteiger partial charge < -0.3 is 19.9 Å². The average Bonchev–Trinajstić information content (AvgIpc) is 2.56. The van der Waals surface area contributed by atoms with Gasteiger partial charge in [0, 0.05) is 20.1 Å². The zero-order chi connectivity index (χ0) is 19.0. The number of rotatable bonds is 10. The minimum absolute atomic E-state index is 0.218. The molecule has 0 spiro atoms. The lowest BCUT2D eigenvalue weighted by molar-refractivity contribution is -0.143. The molecule has 0 heterocycles. The summed E-state index contributed by atoms with van der Waals surface area (Å²) in [4.78, 5) is 23.9. The van der Waals surface area contributed by atoms with Crippen LogP contribution in [0, 0.1) is 5.92 Å². The normalized spacial score (nSPS) is 12.7. The summed E-state index contributed by atoms with van der Waals surface area (Å²) in [7, 11) is 1.49. The van der Waals surface area contributed by atoms with E-state index in [0.717, 1.165) is 11.3 Å². The van der Waals surface area contributed by atoms with Crippen LogP contribution in [-0.4, -0.2) is 43.3 Å². The van der Waals surface area contributed by atoms with E-state index in [1.807, 2.05) is 24.3 Å². The Labute approximate surface area is 149 Å². The highest BCUT2D eigenvalue weighted by Gasteiger charge is 2.32. The van der Waals surface area contributed by atoms with Gasteiger partial charge in [-0.3, -0.25) is 4.79 Å². The number of ether oxygens (including phenoxy) is 2. The Morgan fingerprint density at radius 3 is 2.28 bits per heavy atom. The number of methoxy groups -OCH3 is 1. The summed E-state index contributed by atoms with van der Waals surface area (Å²) < 4.78 is 10.5. The molecule has 0 saturated heterocycles. The van der Waals surface area contributed by atoms with Gasteiger partial charge in [0.2, 0.25) is 5.91 Å². The van der Waals surface area contributed by atoms with Crippen molar-refractivity contribution >= 4 is 11.9 Å². The molecule has 25 heavy (non-hydrogen) atoms. The fourth-order valence-corrected chi connectivity index (χ4v) is 2.19. The quantitative estimate of drug-likeness (QED) is 0.677. The predicted molar refractivity (Wildman–Crippen MR) is 95.9 cm³/mol. The van der Waals surface area contributed by atoms with Gasteiger partial charge in [-0.1, -0.05) is 26.0 Å². The minimum atomic E-state index is -1.07. The summed E-state index contributed by atoms with van der Waals surface area (Å²) in [6.45, 7) is 8.57. The lowest BCUT2D eigenvalue weighted by Crippen LogP contribution is -2.48. The van der Waals surface area contributed by atoms with Crippen molar-refractivity contribution in [3.63, 3.8) is 0 Å². The Hall–Kier alpha value is -2.08. The number of carboxylic acid groups (broad SMARTS) is 1. The fraction of sp³-hybridized carbons (Fsp3) is 0.579. The van der Waals surface area contributed by atoms with Gasteiger partial charge in [-0.2, -0.15) is 0 Å². The van der Waals surface area contributed by atoms with E-state index in [1.54, 1.807) is 13.8 Å². The highest BCUT2D eigenvalue weighted by Crippen LogP contribution is 2.26. The van der Waals surface area contributed by atoms with Crippen molar-refractivity contribution < 1.29 is 24.2 Å². The standard InChI is InChI=1S/C19H29NO5/c1-13(2)12-25-15-8-6-14(7-9-15)19(3,4)18(23)20-16(17(21)22)10-11-24-5/h6-9,13,16H,10-12H2,1-5H3,(H,20,23)(H,21,22). The molecule has 1 unspecified atom stereocenters. The van der Waals surface area contributed by atoms with Crippen molar-refractivity contribution in [3.05, 3.63) is 29.8 Å². The Balaban J connectivity index is 2.80. The molecule has 0 saturated carbocycles. The molecule has 0 aliphatic rings. The molecule has 1 amide bonds. The monoisotopic (exact) mass is 351 g/mol. The van der Waals surface area contributed by atoms with Crippen LogP contribution in [-0.2, 0) is 19.7 Å². The largest absolute Gasteiger partial charge is 0.493 e.